The number of fused-ring (bicyclic) bond motifs is 4. The molecule has 0 radical (unpaired) electrons. The van der Waals surface area contributed by atoms with Gasteiger partial charge in [-0.25, -0.2) is 9.59 Å². The summed E-state index contributed by atoms with van der Waals surface area (Å²) in [6.45, 7) is 10.5. The summed E-state index contributed by atoms with van der Waals surface area (Å²) in [5.41, 5.74) is -9.27. The lowest BCUT2D eigenvalue weighted by Gasteiger charge is -2.75. The Balaban J connectivity index is 1.42. The molecule has 1 aromatic heterocycles. The van der Waals surface area contributed by atoms with Gasteiger partial charge in [-0.15, -0.1) is 0 Å². The summed E-state index contributed by atoms with van der Waals surface area (Å²) in [5, 5.41) is 26.5. The number of hydrogen-bond acceptors (Lipinski definition) is 12. The van der Waals surface area contributed by atoms with Crippen LogP contribution in [-0.2, 0) is 42.8 Å². The van der Waals surface area contributed by atoms with Crippen LogP contribution in [-0.4, -0.2) is 75.8 Å². The van der Waals surface area contributed by atoms with Crippen molar-refractivity contribution in [3.63, 3.8) is 0 Å². The topological polar surface area (TPSA) is 160 Å². The normalized spacial score (nSPS) is 52.5. The molecular weight excluding hydrogens is 600 g/mol. The first-order valence-electron chi connectivity index (χ1n) is 15.9. The van der Waals surface area contributed by atoms with Gasteiger partial charge in [0.2, 0.25) is 0 Å². The Morgan fingerprint density at radius 1 is 1.13 bits per heavy atom. The van der Waals surface area contributed by atoms with Crippen LogP contribution in [0.2, 0.25) is 0 Å². The largest absolute Gasteiger partial charge is 0.472 e. The highest BCUT2D eigenvalue weighted by molar-refractivity contribution is 5.88. The molecule has 0 amide bonds. The van der Waals surface area contributed by atoms with E-state index in [4.69, 9.17) is 32.8 Å². The molecule has 46 heavy (non-hydrogen) atoms. The first kappa shape index (κ1) is 30.3. The summed E-state index contributed by atoms with van der Waals surface area (Å²) in [4.78, 5) is 40.1. The fourth-order valence-corrected chi connectivity index (χ4v) is 11.6. The van der Waals surface area contributed by atoms with Gasteiger partial charge in [0, 0.05) is 46.8 Å². The van der Waals surface area contributed by atoms with Crippen LogP contribution < -0.4 is 0 Å². The number of furan rings is 1. The lowest BCUT2D eigenvalue weighted by molar-refractivity contribution is -0.443. The Morgan fingerprint density at radius 3 is 2.52 bits per heavy atom. The molecule has 7 aliphatic rings. The Morgan fingerprint density at radius 2 is 1.87 bits per heavy atom. The quantitative estimate of drug-likeness (QED) is 0.275. The van der Waals surface area contributed by atoms with Crippen molar-refractivity contribution in [2.24, 2.45) is 22.2 Å². The summed E-state index contributed by atoms with van der Waals surface area (Å²) in [5.74, 6) is -4.26. The van der Waals surface area contributed by atoms with Crippen LogP contribution in [0.25, 0.3) is 0 Å². The predicted octanol–water partition coefficient (Wildman–Crippen LogP) is 3.16. The van der Waals surface area contributed by atoms with Gasteiger partial charge in [-0.2, -0.15) is 0 Å². The van der Waals surface area contributed by atoms with Crippen molar-refractivity contribution >= 4 is 17.9 Å². The summed E-state index contributed by atoms with van der Waals surface area (Å²) >= 11 is 0. The maximum atomic E-state index is 13.5. The molecule has 0 unspecified atom stereocenters. The van der Waals surface area contributed by atoms with Gasteiger partial charge in [0.1, 0.15) is 29.5 Å². The standard InChI is InChI=1S/C34H40O12/c1-8-17(2)24(37)43-25-28(4)16-31(38)29(5,19(28)13-21(35)40-7)32-11-10-27(3)20(14-22(36)42-23(27)18-9-12-41-15-18)34(32)26(33(25,31)39)44-30(6,45-32)46-34/h8-9,12,14-15,19,23,25-26,38-39H,10-11,13,16H2,1-7H3/b17-8+/t19-,23+,25-,26+,27+,28+,29+,30+,31+,32+,33-,34-/m0/s1. The van der Waals surface area contributed by atoms with Crippen molar-refractivity contribution in [2.75, 3.05) is 7.11 Å². The molecule has 2 saturated heterocycles. The first-order chi connectivity index (χ1) is 21.5. The zero-order valence-electron chi connectivity index (χ0n) is 27.0. The number of ether oxygens (including phenoxy) is 6. The summed E-state index contributed by atoms with van der Waals surface area (Å²) in [6, 6.07) is 1.74. The molecule has 6 fully saturated rings. The minimum atomic E-state index is -2.26. The molecule has 0 aromatic carbocycles. The van der Waals surface area contributed by atoms with Crippen LogP contribution in [0.4, 0.5) is 0 Å². The van der Waals surface area contributed by atoms with Crippen molar-refractivity contribution in [1.29, 1.82) is 0 Å². The van der Waals surface area contributed by atoms with E-state index in [0.717, 1.165) is 0 Å². The van der Waals surface area contributed by atoms with Crippen molar-refractivity contribution in [1.82, 2.24) is 0 Å². The molecule has 4 heterocycles. The highest BCUT2D eigenvalue weighted by Gasteiger charge is 3.01. The lowest BCUT2D eigenvalue weighted by Crippen LogP contribution is -2.92. The van der Waals surface area contributed by atoms with E-state index >= 15 is 0 Å². The van der Waals surface area contributed by atoms with Crippen LogP contribution in [0.5, 0.6) is 0 Å². The maximum absolute atomic E-state index is 13.5. The van der Waals surface area contributed by atoms with E-state index in [1.165, 1.54) is 25.7 Å². The molecule has 3 aliphatic heterocycles. The fourth-order valence-electron chi connectivity index (χ4n) is 11.6. The smallest absolute Gasteiger partial charge is 0.333 e. The number of carbonyl (C=O) groups excluding carboxylic acids is 3. The second-order valence-electron chi connectivity index (χ2n) is 15.1. The number of hydrogen-bond donors (Lipinski definition) is 2. The molecule has 1 spiro atoms. The Kier molecular flexibility index (Phi) is 5.61. The van der Waals surface area contributed by atoms with Crippen LogP contribution >= 0.6 is 0 Å². The molecule has 4 bridgehead atoms. The molecule has 248 valence electrons. The van der Waals surface area contributed by atoms with Gasteiger partial charge in [-0.3, -0.25) is 4.79 Å². The van der Waals surface area contributed by atoms with Crippen LogP contribution in [0.15, 0.2) is 46.3 Å². The summed E-state index contributed by atoms with van der Waals surface area (Å²) < 4.78 is 43.0. The van der Waals surface area contributed by atoms with Gasteiger partial charge < -0.3 is 43.1 Å². The molecule has 4 saturated carbocycles. The van der Waals surface area contributed by atoms with E-state index in [0.29, 0.717) is 29.6 Å². The van der Waals surface area contributed by atoms with Gasteiger partial charge in [0.15, 0.2) is 11.2 Å². The summed E-state index contributed by atoms with van der Waals surface area (Å²) in [7, 11) is 1.29. The predicted molar refractivity (Wildman–Crippen MR) is 154 cm³/mol. The molecule has 12 atom stereocenters. The third-order valence-corrected chi connectivity index (χ3v) is 13.4. The minimum Gasteiger partial charge on any atom is -0.472 e. The van der Waals surface area contributed by atoms with Crippen molar-refractivity contribution < 1.29 is 57.4 Å². The maximum Gasteiger partial charge on any atom is 0.333 e. The van der Waals surface area contributed by atoms with E-state index in [2.05, 4.69) is 0 Å². The molecule has 4 aliphatic carbocycles. The Bertz CT molecular complexity index is 1650. The minimum absolute atomic E-state index is 0.0186. The van der Waals surface area contributed by atoms with E-state index in [-0.39, 0.29) is 12.8 Å². The zero-order chi connectivity index (χ0) is 33.1. The van der Waals surface area contributed by atoms with Gasteiger partial charge in [-0.05, 0) is 50.7 Å². The number of rotatable bonds is 5. The molecule has 12 nitrogen and oxygen atoms in total. The Hall–Kier alpha value is -3.03. The number of esters is 3. The number of aliphatic hydroxyl groups is 2. The number of allylic oxidation sites excluding steroid dienone is 1. The number of methoxy groups -OCH3 is 1. The van der Waals surface area contributed by atoms with E-state index in [1.54, 1.807) is 32.9 Å². The third-order valence-electron chi connectivity index (χ3n) is 13.4. The van der Waals surface area contributed by atoms with Crippen LogP contribution in [0, 0.1) is 22.2 Å². The van der Waals surface area contributed by atoms with E-state index < -0.39 is 86.8 Å². The Labute approximate surface area is 266 Å². The second-order valence-corrected chi connectivity index (χ2v) is 15.1. The van der Waals surface area contributed by atoms with Gasteiger partial charge in [0.25, 0.3) is 5.97 Å². The van der Waals surface area contributed by atoms with E-state index in [9.17, 15) is 24.6 Å². The first-order valence-corrected chi connectivity index (χ1v) is 15.9. The molecule has 1 aromatic rings. The molecule has 8 rings (SSSR count). The summed E-state index contributed by atoms with van der Waals surface area (Å²) in [6.07, 6.45) is 3.14. The third kappa shape index (κ3) is 2.83. The number of cyclic esters (lactones) is 1. The second kappa shape index (κ2) is 8.51. The monoisotopic (exact) mass is 640 g/mol. The van der Waals surface area contributed by atoms with Crippen LogP contribution in [0.1, 0.15) is 78.9 Å². The van der Waals surface area contributed by atoms with Gasteiger partial charge in [-0.1, -0.05) is 26.8 Å². The highest BCUT2D eigenvalue weighted by atomic mass is 16.9. The van der Waals surface area contributed by atoms with Crippen molar-refractivity contribution in [3.05, 3.63) is 47.5 Å². The SMILES string of the molecule is C/C=C(\C)C(=O)O[C@H]1[C@]2(C)C[C@]3(O)[C@@]1(O)[C@H]1O[C@]4(C)O[C@]5(CC[C@]6(C)C(=CC(=O)O[C@@H]6c6ccoc6)[C@]15O4)[C@]3(C)[C@H]2CC(=O)OC. The van der Waals surface area contributed by atoms with Gasteiger partial charge in [0.05, 0.1) is 19.6 Å². The molecular formula is C34H40O12. The van der Waals surface area contributed by atoms with Crippen LogP contribution in [0.3, 0.4) is 0 Å². The van der Waals surface area contributed by atoms with Crippen molar-refractivity contribution in [2.45, 2.75) is 114 Å². The lowest BCUT2D eigenvalue weighted by atomic mass is 9.35. The highest BCUT2D eigenvalue weighted by Crippen LogP contribution is 2.87. The van der Waals surface area contributed by atoms with Crippen molar-refractivity contribution in [3.8, 4) is 0 Å². The van der Waals surface area contributed by atoms with Gasteiger partial charge >= 0.3 is 17.9 Å². The average molecular weight is 641 g/mol. The van der Waals surface area contributed by atoms with E-state index in [1.807, 2.05) is 20.8 Å². The number of carbonyl (C=O) groups is 3. The fraction of sp³-hybridized carbons (Fsp3) is 0.676. The molecule has 12 heteroatoms. The molecule has 2 N–H and O–H groups in total. The zero-order valence-corrected chi connectivity index (χ0v) is 27.0. The average Bonchev–Trinajstić information content (AvgIpc) is 3.78.